The minimum absolute atomic E-state index is 0.593. The Morgan fingerprint density at radius 2 is 2.50 bits per heavy atom. The topological polar surface area (TPSA) is 42.7 Å². The molecule has 1 N–H and O–H groups in total. The van der Waals surface area contributed by atoms with Gasteiger partial charge in [0.2, 0.25) is 0 Å². The van der Waals surface area contributed by atoms with Crippen LogP contribution in [0.3, 0.4) is 0 Å². The molecule has 1 unspecified atom stereocenters. The fraction of sp³-hybridized carbons (Fsp3) is 0.800. The first-order chi connectivity index (χ1) is 6.88. The predicted octanol–water partition coefficient (Wildman–Crippen LogP) is 0.983. The highest BCUT2D eigenvalue weighted by molar-refractivity contribution is 4.81. The summed E-state index contributed by atoms with van der Waals surface area (Å²) < 4.78 is 1.96. The summed E-state index contributed by atoms with van der Waals surface area (Å²) in [4.78, 5) is 4.22. The Morgan fingerprint density at radius 3 is 3.14 bits per heavy atom. The zero-order valence-electron chi connectivity index (χ0n) is 8.74. The highest BCUT2D eigenvalue weighted by Gasteiger charge is 2.13. The van der Waals surface area contributed by atoms with Crippen molar-refractivity contribution in [2.45, 2.75) is 45.2 Å². The number of hydrogen-bond acceptors (Lipinski definition) is 3. The van der Waals surface area contributed by atoms with Gasteiger partial charge in [-0.15, -0.1) is 0 Å². The first-order valence-corrected chi connectivity index (χ1v) is 5.50. The first-order valence-electron chi connectivity index (χ1n) is 5.50. The Kier molecular flexibility index (Phi) is 3.14. The second-order valence-corrected chi connectivity index (χ2v) is 3.88. The van der Waals surface area contributed by atoms with Crippen molar-refractivity contribution < 1.29 is 0 Å². The van der Waals surface area contributed by atoms with Gasteiger partial charge in [-0.2, -0.15) is 5.10 Å². The maximum atomic E-state index is 4.39. The molecule has 2 heterocycles. The smallest absolute Gasteiger partial charge is 0.150 e. The Morgan fingerprint density at radius 1 is 1.57 bits per heavy atom. The van der Waals surface area contributed by atoms with Gasteiger partial charge in [0, 0.05) is 12.5 Å². The number of rotatable bonds is 3. The quantitative estimate of drug-likeness (QED) is 0.780. The summed E-state index contributed by atoms with van der Waals surface area (Å²) in [7, 11) is 0. The van der Waals surface area contributed by atoms with Crippen LogP contribution in [0.1, 0.15) is 32.0 Å². The van der Waals surface area contributed by atoms with Crippen molar-refractivity contribution in [2.75, 3.05) is 6.54 Å². The van der Waals surface area contributed by atoms with E-state index in [9.17, 15) is 0 Å². The molecule has 1 aromatic heterocycles. The molecule has 1 aliphatic rings. The lowest BCUT2D eigenvalue weighted by atomic mass is 10.1. The number of aromatic nitrogens is 3. The Bertz CT molecular complexity index is 275. The van der Waals surface area contributed by atoms with Crippen molar-refractivity contribution in [3.05, 3.63) is 12.2 Å². The van der Waals surface area contributed by atoms with E-state index in [1.54, 1.807) is 0 Å². The van der Waals surface area contributed by atoms with E-state index in [-0.39, 0.29) is 0 Å². The predicted molar refractivity (Wildman–Crippen MR) is 55.0 cm³/mol. The summed E-state index contributed by atoms with van der Waals surface area (Å²) in [6.07, 6.45) is 6.68. The fourth-order valence-corrected chi connectivity index (χ4v) is 1.89. The van der Waals surface area contributed by atoms with E-state index in [0.29, 0.717) is 6.04 Å². The van der Waals surface area contributed by atoms with Crippen molar-refractivity contribution >= 4 is 0 Å². The van der Waals surface area contributed by atoms with Gasteiger partial charge in [0.1, 0.15) is 12.2 Å². The third-order valence-corrected chi connectivity index (χ3v) is 2.72. The molecule has 0 spiro atoms. The van der Waals surface area contributed by atoms with E-state index in [1.807, 2.05) is 11.0 Å². The van der Waals surface area contributed by atoms with Gasteiger partial charge in [-0.25, -0.2) is 4.98 Å². The zero-order chi connectivity index (χ0) is 9.80. The lowest BCUT2D eigenvalue weighted by Crippen LogP contribution is -2.37. The number of nitrogens with one attached hydrogen (secondary N) is 1. The number of piperidine rings is 1. The monoisotopic (exact) mass is 194 g/mol. The second-order valence-electron chi connectivity index (χ2n) is 3.88. The molecular weight excluding hydrogens is 176 g/mol. The van der Waals surface area contributed by atoms with Crippen molar-refractivity contribution in [2.24, 2.45) is 0 Å². The standard InChI is InChI=1S/C10H18N4/c1-2-10-12-8-14(13-10)7-9-5-3-4-6-11-9/h8-9,11H,2-7H2,1H3. The van der Waals surface area contributed by atoms with Crippen molar-refractivity contribution in [1.82, 2.24) is 20.1 Å². The summed E-state index contributed by atoms with van der Waals surface area (Å²) in [6, 6.07) is 0.593. The molecule has 1 aliphatic heterocycles. The molecule has 0 bridgehead atoms. The molecule has 78 valence electrons. The largest absolute Gasteiger partial charge is 0.312 e. The van der Waals surface area contributed by atoms with Crippen LogP contribution < -0.4 is 5.32 Å². The van der Waals surface area contributed by atoms with Gasteiger partial charge in [0.25, 0.3) is 0 Å². The molecular formula is C10H18N4. The second kappa shape index (κ2) is 4.55. The number of nitrogens with zero attached hydrogens (tertiary/aromatic N) is 3. The van der Waals surface area contributed by atoms with Crippen LogP contribution in [0.2, 0.25) is 0 Å². The van der Waals surface area contributed by atoms with Gasteiger partial charge in [0.05, 0.1) is 6.54 Å². The Hall–Kier alpha value is -0.900. The van der Waals surface area contributed by atoms with E-state index < -0.39 is 0 Å². The minimum atomic E-state index is 0.593. The molecule has 0 aliphatic carbocycles. The molecule has 1 saturated heterocycles. The number of hydrogen-bond donors (Lipinski definition) is 1. The summed E-state index contributed by atoms with van der Waals surface area (Å²) in [5.41, 5.74) is 0. The normalized spacial score (nSPS) is 22.5. The van der Waals surface area contributed by atoms with Crippen molar-refractivity contribution in [1.29, 1.82) is 0 Å². The molecule has 4 heteroatoms. The molecule has 1 aromatic rings. The average molecular weight is 194 g/mol. The molecule has 1 atom stereocenters. The summed E-state index contributed by atoms with van der Waals surface area (Å²) in [5.74, 6) is 0.945. The van der Waals surface area contributed by atoms with E-state index in [4.69, 9.17) is 0 Å². The molecule has 2 rings (SSSR count). The van der Waals surface area contributed by atoms with Crippen molar-refractivity contribution in [3.8, 4) is 0 Å². The molecule has 1 fully saturated rings. The van der Waals surface area contributed by atoms with Crippen LogP contribution in [0.5, 0.6) is 0 Å². The van der Waals surface area contributed by atoms with Crippen LogP contribution in [0.4, 0.5) is 0 Å². The minimum Gasteiger partial charge on any atom is -0.312 e. The van der Waals surface area contributed by atoms with E-state index in [2.05, 4.69) is 22.3 Å². The lowest BCUT2D eigenvalue weighted by Gasteiger charge is -2.22. The van der Waals surface area contributed by atoms with Gasteiger partial charge in [0.15, 0.2) is 0 Å². The van der Waals surface area contributed by atoms with Crippen molar-refractivity contribution in [3.63, 3.8) is 0 Å². The molecule has 0 radical (unpaired) electrons. The lowest BCUT2D eigenvalue weighted by molar-refractivity contribution is 0.350. The van der Waals surface area contributed by atoms with Crippen LogP contribution in [0, 0.1) is 0 Å². The fourth-order valence-electron chi connectivity index (χ4n) is 1.89. The van der Waals surface area contributed by atoms with Gasteiger partial charge >= 0.3 is 0 Å². The molecule has 0 amide bonds. The molecule has 0 aromatic carbocycles. The Labute approximate surface area is 84.7 Å². The molecule has 0 saturated carbocycles. The maximum Gasteiger partial charge on any atom is 0.150 e. The highest BCUT2D eigenvalue weighted by Crippen LogP contribution is 2.08. The third-order valence-electron chi connectivity index (χ3n) is 2.72. The Balaban J connectivity index is 1.89. The van der Waals surface area contributed by atoms with E-state index in [0.717, 1.165) is 25.3 Å². The molecule has 14 heavy (non-hydrogen) atoms. The van der Waals surface area contributed by atoms with E-state index in [1.165, 1.54) is 19.3 Å². The summed E-state index contributed by atoms with van der Waals surface area (Å²) >= 11 is 0. The van der Waals surface area contributed by atoms with Gasteiger partial charge in [-0.05, 0) is 19.4 Å². The first kappa shape index (κ1) is 9.65. The van der Waals surface area contributed by atoms with Gasteiger partial charge < -0.3 is 5.32 Å². The van der Waals surface area contributed by atoms with E-state index >= 15 is 0 Å². The SMILES string of the molecule is CCc1ncn(CC2CCCCN2)n1. The zero-order valence-corrected chi connectivity index (χ0v) is 8.74. The van der Waals surface area contributed by atoms with Gasteiger partial charge in [-0.3, -0.25) is 4.68 Å². The highest BCUT2D eigenvalue weighted by atomic mass is 15.3. The van der Waals surface area contributed by atoms with Crippen LogP contribution in [-0.2, 0) is 13.0 Å². The molecule has 4 nitrogen and oxygen atoms in total. The van der Waals surface area contributed by atoms with Crippen LogP contribution in [0.25, 0.3) is 0 Å². The summed E-state index contributed by atoms with van der Waals surface area (Å²) in [6.45, 7) is 4.20. The van der Waals surface area contributed by atoms with Crippen LogP contribution in [0.15, 0.2) is 6.33 Å². The van der Waals surface area contributed by atoms with Gasteiger partial charge in [-0.1, -0.05) is 13.3 Å². The summed E-state index contributed by atoms with van der Waals surface area (Å²) in [5, 5.41) is 7.89. The average Bonchev–Trinajstić information content (AvgIpc) is 2.67. The number of aryl methyl sites for hydroxylation is 1. The van der Waals surface area contributed by atoms with Crippen LogP contribution >= 0.6 is 0 Å². The third kappa shape index (κ3) is 2.32. The maximum absolute atomic E-state index is 4.39. The van der Waals surface area contributed by atoms with Crippen LogP contribution in [-0.4, -0.2) is 27.4 Å².